The lowest BCUT2D eigenvalue weighted by molar-refractivity contribution is -0.128. The number of amides is 1. The van der Waals surface area contributed by atoms with Gasteiger partial charge in [0.15, 0.2) is 0 Å². The van der Waals surface area contributed by atoms with Gasteiger partial charge in [-0.2, -0.15) is 0 Å². The number of likely N-dealkylation sites (tertiary alicyclic amines) is 1. The van der Waals surface area contributed by atoms with Crippen LogP contribution in [0.1, 0.15) is 39.5 Å². The summed E-state index contributed by atoms with van der Waals surface area (Å²) < 4.78 is 5.29. The van der Waals surface area contributed by atoms with Crippen molar-refractivity contribution in [3.8, 4) is 0 Å². The lowest BCUT2D eigenvalue weighted by Crippen LogP contribution is -2.46. The minimum Gasteiger partial charge on any atom is -0.369 e. The Hall–Kier alpha value is -0.610. The summed E-state index contributed by atoms with van der Waals surface area (Å²) >= 11 is 0. The SMILES string of the molecule is CC(C)OCC(=O)NC1CCN(C2CC2)CC1. The highest BCUT2D eigenvalue weighted by Gasteiger charge is 2.31. The molecule has 0 bridgehead atoms. The highest BCUT2D eigenvalue weighted by atomic mass is 16.5. The third-order valence-electron chi connectivity index (χ3n) is 3.51. The van der Waals surface area contributed by atoms with Crippen molar-refractivity contribution in [1.29, 1.82) is 0 Å². The molecule has 0 aromatic carbocycles. The first-order valence-corrected chi connectivity index (χ1v) is 6.80. The molecule has 1 aliphatic carbocycles. The highest BCUT2D eigenvalue weighted by Crippen LogP contribution is 2.29. The van der Waals surface area contributed by atoms with Crippen LogP contribution in [0.2, 0.25) is 0 Å². The average molecular weight is 240 g/mol. The number of hydrogen-bond donors (Lipinski definition) is 1. The van der Waals surface area contributed by atoms with Gasteiger partial charge in [0.05, 0.1) is 6.10 Å². The monoisotopic (exact) mass is 240 g/mol. The summed E-state index contributed by atoms with van der Waals surface area (Å²) in [5.41, 5.74) is 0. The molecule has 1 saturated heterocycles. The van der Waals surface area contributed by atoms with Crippen LogP contribution in [0, 0.1) is 0 Å². The molecule has 2 fully saturated rings. The molecular formula is C13H24N2O2. The Morgan fingerprint density at radius 2 is 1.94 bits per heavy atom. The van der Waals surface area contributed by atoms with Crippen LogP contribution >= 0.6 is 0 Å². The van der Waals surface area contributed by atoms with Crippen molar-refractivity contribution in [2.75, 3.05) is 19.7 Å². The molecule has 0 unspecified atom stereocenters. The molecule has 2 aliphatic rings. The number of nitrogens with one attached hydrogen (secondary N) is 1. The van der Waals surface area contributed by atoms with Crippen LogP contribution in [0.15, 0.2) is 0 Å². The Bertz CT molecular complexity index is 256. The van der Waals surface area contributed by atoms with E-state index < -0.39 is 0 Å². The Morgan fingerprint density at radius 3 is 2.47 bits per heavy atom. The van der Waals surface area contributed by atoms with Crippen LogP contribution in [0.25, 0.3) is 0 Å². The number of hydrogen-bond acceptors (Lipinski definition) is 3. The van der Waals surface area contributed by atoms with E-state index in [-0.39, 0.29) is 18.6 Å². The number of nitrogens with zero attached hydrogens (tertiary/aromatic N) is 1. The molecule has 1 amide bonds. The lowest BCUT2D eigenvalue weighted by Gasteiger charge is -2.32. The maximum Gasteiger partial charge on any atom is 0.246 e. The van der Waals surface area contributed by atoms with E-state index in [2.05, 4.69) is 10.2 Å². The van der Waals surface area contributed by atoms with E-state index in [9.17, 15) is 4.79 Å². The molecule has 17 heavy (non-hydrogen) atoms. The fourth-order valence-corrected chi connectivity index (χ4v) is 2.36. The first kappa shape index (κ1) is 12.8. The molecule has 0 aromatic rings. The van der Waals surface area contributed by atoms with Crippen LogP contribution in [0.5, 0.6) is 0 Å². The fourth-order valence-electron chi connectivity index (χ4n) is 2.36. The van der Waals surface area contributed by atoms with Gasteiger partial charge in [-0.3, -0.25) is 4.79 Å². The molecular weight excluding hydrogens is 216 g/mol. The van der Waals surface area contributed by atoms with Gasteiger partial charge in [0.25, 0.3) is 0 Å². The van der Waals surface area contributed by atoms with E-state index in [0.29, 0.717) is 6.04 Å². The predicted molar refractivity (Wildman–Crippen MR) is 66.8 cm³/mol. The van der Waals surface area contributed by atoms with E-state index in [1.54, 1.807) is 0 Å². The van der Waals surface area contributed by atoms with Crippen molar-refractivity contribution in [1.82, 2.24) is 10.2 Å². The van der Waals surface area contributed by atoms with Crippen molar-refractivity contribution >= 4 is 5.91 Å². The van der Waals surface area contributed by atoms with Gasteiger partial charge in [-0.25, -0.2) is 0 Å². The first-order valence-electron chi connectivity index (χ1n) is 6.80. The standard InChI is InChI=1S/C13H24N2O2/c1-10(2)17-9-13(16)14-11-5-7-15(8-6-11)12-3-4-12/h10-12H,3-9H2,1-2H3,(H,14,16). The van der Waals surface area contributed by atoms with Gasteiger partial charge in [0.1, 0.15) is 6.61 Å². The molecule has 0 atom stereocenters. The Morgan fingerprint density at radius 1 is 1.29 bits per heavy atom. The van der Waals surface area contributed by atoms with Crippen LogP contribution < -0.4 is 5.32 Å². The van der Waals surface area contributed by atoms with Gasteiger partial charge in [-0.15, -0.1) is 0 Å². The van der Waals surface area contributed by atoms with Crippen molar-refractivity contribution in [2.24, 2.45) is 0 Å². The minimum absolute atomic E-state index is 0.0311. The molecule has 98 valence electrons. The van der Waals surface area contributed by atoms with E-state index in [4.69, 9.17) is 4.74 Å². The topological polar surface area (TPSA) is 41.6 Å². The molecule has 0 aromatic heterocycles. The Kier molecular flexibility index (Phi) is 4.40. The zero-order valence-electron chi connectivity index (χ0n) is 10.9. The zero-order chi connectivity index (χ0) is 12.3. The maximum absolute atomic E-state index is 11.6. The van der Waals surface area contributed by atoms with E-state index in [1.165, 1.54) is 12.8 Å². The summed E-state index contributed by atoms with van der Waals surface area (Å²) in [7, 11) is 0. The predicted octanol–water partition coefficient (Wildman–Crippen LogP) is 1.15. The highest BCUT2D eigenvalue weighted by molar-refractivity contribution is 5.77. The van der Waals surface area contributed by atoms with Gasteiger partial charge in [0, 0.05) is 25.2 Å². The lowest BCUT2D eigenvalue weighted by atomic mass is 10.0. The van der Waals surface area contributed by atoms with Crippen LogP contribution in [-0.2, 0) is 9.53 Å². The molecule has 2 rings (SSSR count). The third-order valence-corrected chi connectivity index (χ3v) is 3.51. The molecule has 1 aliphatic heterocycles. The average Bonchev–Trinajstić information content (AvgIpc) is 3.11. The van der Waals surface area contributed by atoms with E-state index in [0.717, 1.165) is 32.0 Å². The largest absolute Gasteiger partial charge is 0.369 e. The van der Waals surface area contributed by atoms with Crippen LogP contribution in [0.3, 0.4) is 0 Å². The second kappa shape index (κ2) is 5.83. The molecule has 4 nitrogen and oxygen atoms in total. The van der Waals surface area contributed by atoms with Crippen LogP contribution in [-0.4, -0.2) is 48.7 Å². The van der Waals surface area contributed by atoms with E-state index in [1.807, 2.05) is 13.8 Å². The molecule has 1 N–H and O–H groups in total. The van der Waals surface area contributed by atoms with Crippen molar-refractivity contribution in [3.63, 3.8) is 0 Å². The van der Waals surface area contributed by atoms with Gasteiger partial charge >= 0.3 is 0 Å². The smallest absolute Gasteiger partial charge is 0.246 e. The summed E-state index contributed by atoms with van der Waals surface area (Å²) in [6, 6.07) is 1.21. The van der Waals surface area contributed by atoms with Crippen LogP contribution in [0.4, 0.5) is 0 Å². The molecule has 0 radical (unpaired) electrons. The number of piperidine rings is 1. The maximum atomic E-state index is 11.6. The first-order chi connectivity index (χ1) is 8.15. The van der Waals surface area contributed by atoms with Crippen molar-refractivity contribution < 1.29 is 9.53 Å². The fraction of sp³-hybridized carbons (Fsp3) is 0.923. The summed E-state index contributed by atoms with van der Waals surface area (Å²) in [5.74, 6) is 0.0311. The number of carbonyl (C=O) groups excluding carboxylic acids is 1. The summed E-state index contributed by atoms with van der Waals surface area (Å²) in [6.07, 6.45) is 5.05. The second-order valence-corrected chi connectivity index (χ2v) is 5.47. The Balaban J connectivity index is 1.61. The van der Waals surface area contributed by atoms with Gasteiger partial charge in [-0.05, 0) is 39.5 Å². The molecule has 1 saturated carbocycles. The number of carbonyl (C=O) groups is 1. The second-order valence-electron chi connectivity index (χ2n) is 5.47. The molecule has 0 spiro atoms. The van der Waals surface area contributed by atoms with Gasteiger partial charge in [0.2, 0.25) is 5.91 Å². The van der Waals surface area contributed by atoms with E-state index >= 15 is 0 Å². The molecule has 4 heteroatoms. The van der Waals surface area contributed by atoms with Crippen molar-refractivity contribution in [3.05, 3.63) is 0 Å². The number of ether oxygens (including phenoxy) is 1. The molecule has 1 heterocycles. The summed E-state index contributed by atoms with van der Waals surface area (Å²) in [4.78, 5) is 14.2. The number of rotatable bonds is 5. The quantitative estimate of drug-likeness (QED) is 0.784. The van der Waals surface area contributed by atoms with Gasteiger partial charge < -0.3 is 15.0 Å². The summed E-state index contributed by atoms with van der Waals surface area (Å²) in [5, 5.41) is 3.06. The summed E-state index contributed by atoms with van der Waals surface area (Å²) in [6.45, 7) is 6.37. The Labute approximate surface area is 104 Å². The normalized spacial score (nSPS) is 23.0. The van der Waals surface area contributed by atoms with Gasteiger partial charge in [-0.1, -0.05) is 0 Å². The zero-order valence-corrected chi connectivity index (χ0v) is 10.9. The van der Waals surface area contributed by atoms with Crippen molar-refractivity contribution in [2.45, 2.75) is 57.7 Å². The minimum atomic E-state index is 0.0311. The third kappa shape index (κ3) is 4.28.